The molecule has 1 aliphatic rings. The lowest BCUT2D eigenvalue weighted by Gasteiger charge is -2.35. The van der Waals surface area contributed by atoms with Crippen LogP contribution in [0.25, 0.3) is 0 Å². The molecule has 0 aliphatic carbocycles. The van der Waals surface area contributed by atoms with Crippen LogP contribution in [0.2, 0.25) is 0 Å². The van der Waals surface area contributed by atoms with Crippen LogP contribution in [0.5, 0.6) is 0 Å². The molecule has 2 aromatic rings. The first kappa shape index (κ1) is 22.2. The molecular formula is C21H27FN4O3S. The van der Waals surface area contributed by atoms with Gasteiger partial charge >= 0.3 is 0 Å². The van der Waals surface area contributed by atoms with E-state index < -0.39 is 21.7 Å². The Morgan fingerprint density at radius 1 is 1.07 bits per heavy atom. The Morgan fingerprint density at radius 2 is 1.70 bits per heavy atom. The summed E-state index contributed by atoms with van der Waals surface area (Å²) in [5, 5.41) is 2.81. The van der Waals surface area contributed by atoms with Gasteiger partial charge in [-0.15, -0.1) is 0 Å². The van der Waals surface area contributed by atoms with E-state index >= 15 is 0 Å². The van der Waals surface area contributed by atoms with E-state index in [1.165, 1.54) is 19.2 Å². The van der Waals surface area contributed by atoms with Gasteiger partial charge in [0.25, 0.3) is 0 Å². The number of carbonyl (C=O) groups is 1. The maximum atomic E-state index is 13.1. The minimum Gasteiger partial charge on any atom is -0.369 e. The number of halogens is 1. The Balaban J connectivity index is 1.60. The summed E-state index contributed by atoms with van der Waals surface area (Å²) < 4.78 is 39.1. The number of carbonyl (C=O) groups excluding carboxylic acids is 1. The number of nitrogens with one attached hydrogen (secondary N) is 1. The number of sulfonamides is 1. The highest BCUT2D eigenvalue weighted by Gasteiger charge is 2.23. The average molecular weight is 435 g/mol. The number of likely N-dealkylation sites (N-methyl/N-ethyl adjacent to an activating group) is 2. The first-order chi connectivity index (χ1) is 14.3. The number of nitrogens with zero attached hydrogens (tertiary/aromatic N) is 3. The molecule has 1 heterocycles. The van der Waals surface area contributed by atoms with E-state index in [1.807, 2.05) is 24.3 Å². The van der Waals surface area contributed by atoms with Crippen LogP contribution in [-0.4, -0.2) is 70.3 Å². The molecule has 0 unspecified atom stereocenters. The van der Waals surface area contributed by atoms with Gasteiger partial charge < -0.3 is 15.1 Å². The lowest BCUT2D eigenvalue weighted by molar-refractivity contribution is -0.121. The quantitative estimate of drug-likeness (QED) is 0.715. The molecule has 3 rings (SSSR count). The fourth-order valence-electron chi connectivity index (χ4n) is 3.34. The van der Waals surface area contributed by atoms with Gasteiger partial charge in [0.05, 0.1) is 11.4 Å². The molecule has 1 N–H and O–H groups in total. The van der Waals surface area contributed by atoms with E-state index in [-0.39, 0.29) is 11.4 Å². The van der Waals surface area contributed by atoms with Crippen molar-refractivity contribution in [3.63, 3.8) is 0 Å². The van der Waals surface area contributed by atoms with Crippen molar-refractivity contribution < 1.29 is 17.6 Å². The standard InChI is InChI=1S/C21H27FN4O3S/c1-24-11-13-26(14-12-24)20-6-4-3-5-17(20)15-23-21(27)16-25(2)30(28,29)19-9-7-18(22)8-10-19/h3-10H,11-16H2,1-2H3,(H,23,27). The number of amides is 1. The molecule has 1 aliphatic heterocycles. The number of hydrogen-bond acceptors (Lipinski definition) is 5. The van der Waals surface area contributed by atoms with Gasteiger partial charge in [-0.05, 0) is 42.9 Å². The molecule has 0 atom stereocenters. The summed E-state index contributed by atoms with van der Waals surface area (Å²) >= 11 is 0. The normalized spacial score (nSPS) is 15.4. The number of hydrogen-bond donors (Lipinski definition) is 1. The summed E-state index contributed by atoms with van der Waals surface area (Å²) in [4.78, 5) is 16.9. The summed E-state index contributed by atoms with van der Waals surface area (Å²) in [6.45, 7) is 3.78. The zero-order valence-corrected chi connectivity index (χ0v) is 18.0. The summed E-state index contributed by atoms with van der Waals surface area (Å²) in [5.74, 6) is -0.926. The van der Waals surface area contributed by atoms with E-state index in [9.17, 15) is 17.6 Å². The number of piperazine rings is 1. The molecule has 162 valence electrons. The summed E-state index contributed by atoms with van der Waals surface area (Å²) in [7, 11) is -0.444. The molecule has 9 heteroatoms. The van der Waals surface area contributed by atoms with Crippen LogP contribution in [0.4, 0.5) is 10.1 Å². The van der Waals surface area contributed by atoms with Crippen LogP contribution >= 0.6 is 0 Å². The van der Waals surface area contributed by atoms with Crippen molar-refractivity contribution in [3.8, 4) is 0 Å². The highest BCUT2D eigenvalue weighted by Crippen LogP contribution is 2.21. The number of benzene rings is 2. The van der Waals surface area contributed by atoms with E-state index in [0.717, 1.165) is 53.9 Å². The van der Waals surface area contributed by atoms with Gasteiger partial charge in [0.1, 0.15) is 5.82 Å². The van der Waals surface area contributed by atoms with Gasteiger partial charge in [-0.25, -0.2) is 12.8 Å². The second-order valence-electron chi connectivity index (χ2n) is 7.41. The Morgan fingerprint density at radius 3 is 2.37 bits per heavy atom. The van der Waals surface area contributed by atoms with Crippen LogP contribution < -0.4 is 10.2 Å². The predicted octanol–water partition coefficient (Wildman–Crippen LogP) is 1.51. The average Bonchev–Trinajstić information content (AvgIpc) is 2.73. The third-order valence-corrected chi connectivity index (χ3v) is 7.02. The first-order valence-electron chi connectivity index (χ1n) is 9.77. The second-order valence-corrected chi connectivity index (χ2v) is 9.46. The lowest BCUT2D eigenvalue weighted by atomic mass is 10.1. The van der Waals surface area contributed by atoms with Crippen molar-refractivity contribution in [3.05, 3.63) is 59.9 Å². The van der Waals surface area contributed by atoms with Gasteiger partial charge in [0.15, 0.2) is 0 Å². The van der Waals surface area contributed by atoms with Crippen molar-refractivity contribution >= 4 is 21.6 Å². The zero-order chi connectivity index (χ0) is 21.7. The van der Waals surface area contributed by atoms with Gasteiger partial charge in [-0.2, -0.15) is 4.31 Å². The van der Waals surface area contributed by atoms with Crippen LogP contribution in [0.1, 0.15) is 5.56 Å². The molecule has 1 amide bonds. The fraction of sp³-hybridized carbons (Fsp3) is 0.381. The maximum Gasteiger partial charge on any atom is 0.243 e. The van der Waals surface area contributed by atoms with Gasteiger partial charge in [-0.1, -0.05) is 18.2 Å². The number of rotatable bonds is 7. The highest BCUT2D eigenvalue weighted by molar-refractivity contribution is 7.89. The summed E-state index contributed by atoms with van der Waals surface area (Å²) in [5.41, 5.74) is 2.07. The molecule has 2 aromatic carbocycles. The summed E-state index contributed by atoms with van der Waals surface area (Å²) in [6, 6.07) is 12.4. The van der Waals surface area contributed by atoms with E-state index in [0.29, 0.717) is 6.54 Å². The Kier molecular flexibility index (Phi) is 7.06. The third kappa shape index (κ3) is 5.35. The summed E-state index contributed by atoms with van der Waals surface area (Å²) in [6.07, 6.45) is 0. The highest BCUT2D eigenvalue weighted by atomic mass is 32.2. The number of anilines is 1. The molecule has 30 heavy (non-hydrogen) atoms. The molecule has 0 bridgehead atoms. The monoisotopic (exact) mass is 434 g/mol. The molecule has 1 saturated heterocycles. The lowest BCUT2D eigenvalue weighted by Crippen LogP contribution is -2.45. The third-order valence-electron chi connectivity index (χ3n) is 5.20. The Labute approximate surface area is 177 Å². The molecule has 7 nitrogen and oxygen atoms in total. The van der Waals surface area contributed by atoms with Gasteiger partial charge in [0.2, 0.25) is 15.9 Å². The first-order valence-corrected chi connectivity index (χ1v) is 11.2. The maximum absolute atomic E-state index is 13.1. The SMILES string of the molecule is CN1CCN(c2ccccc2CNC(=O)CN(C)S(=O)(=O)c2ccc(F)cc2)CC1. The molecule has 0 saturated carbocycles. The molecule has 0 radical (unpaired) electrons. The van der Waals surface area contributed by atoms with Gasteiger partial charge in [-0.3, -0.25) is 4.79 Å². The molecule has 1 fully saturated rings. The van der Waals surface area contributed by atoms with Crippen molar-refractivity contribution in [1.29, 1.82) is 0 Å². The number of para-hydroxylation sites is 1. The van der Waals surface area contributed by atoms with E-state index in [1.54, 1.807) is 0 Å². The zero-order valence-electron chi connectivity index (χ0n) is 17.2. The largest absolute Gasteiger partial charge is 0.369 e. The van der Waals surface area contributed by atoms with Crippen LogP contribution in [0, 0.1) is 5.82 Å². The Bertz CT molecular complexity index is 974. The van der Waals surface area contributed by atoms with Crippen molar-refractivity contribution in [1.82, 2.24) is 14.5 Å². The molecule has 0 aromatic heterocycles. The second kappa shape index (κ2) is 9.55. The minimum absolute atomic E-state index is 0.0559. The smallest absolute Gasteiger partial charge is 0.243 e. The Hall–Kier alpha value is -2.49. The van der Waals surface area contributed by atoms with E-state index in [4.69, 9.17) is 0 Å². The topological polar surface area (TPSA) is 73.0 Å². The molecular weight excluding hydrogens is 407 g/mol. The van der Waals surface area contributed by atoms with Crippen molar-refractivity contribution in [2.45, 2.75) is 11.4 Å². The minimum atomic E-state index is -3.87. The molecule has 0 spiro atoms. The van der Waals surface area contributed by atoms with Crippen molar-refractivity contribution in [2.75, 3.05) is 51.7 Å². The van der Waals surface area contributed by atoms with E-state index in [2.05, 4.69) is 22.2 Å². The van der Waals surface area contributed by atoms with Gasteiger partial charge in [0, 0.05) is 45.5 Å². The predicted molar refractivity (Wildman–Crippen MR) is 114 cm³/mol. The fourth-order valence-corrected chi connectivity index (χ4v) is 4.47. The van der Waals surface area contributed by atoms with Crippen LogP contribution in [0.3, 0.4) is 0 Å². The van der Waals surface area contributed by atoms with Crippen LogP contribution in [-0.2, 0) is 21.4 Å². The van der Waals surface area contributed by atoms with Crippen LogP contribution in [0.15, 0.2) is 53.4 Å². The van der Waals surface area contributed by atoms with Crippen molar-refractivity contribution in [2.24, 2.45) is 0 Å².